The zero-order valence-electron chi connectivity index (χ0n) is 13.1. The van der Waals surface area contributed by atoms with Crippen LogP contribution in [0.3, 0.4) is 0 Å². The minimum absolute atomic E-state index is 0.102. The molecule has 1 aromatic rings. The molecule has 0 spiro atoms. The van der Waals surface area contributed by atoms with Crippen LogP contribution in [0.25, 0.3) is 0 Å². The average molecular weight is 289 g/mol. The van der Waals surface area contributed by atoms with Crippen molar-refractivity contribution in [1.29, 1.82) is 0 Å². The van der Waals surface area contributed by atoms with Crippen LogP contribution < -0.4 is 10.6 Å². The molecule has 2 amide bonds. The highest BCUT2D eigenvalue weighted by atomic mass is 16.2. The zero-order chi connectivity index (χ0) is 15.6. The number of piperazine rings is 1. The van der Waals surface area contributed by atoms with Crippen molar-refractivity contribution in [3.63, 3.8) is 0 Å². The molecule has 0 saturated carbocycles. The van der Waals surface area contributed by atoms with E-state index in [2.05, 4.69) is 10.6 Å². The van der Waals surface area contributed by atoms with Crippen molar-refractivity contribution in [3.05, 3.63) is 29.3 Å². The molecule has 1 fully saturated rings. The second-order valence-electron chi connectivity index (χ2n) is 5.85. The molecule has 0 aliphatic carbocycles. The number of anilines is 1. The van der Waals surface area contributed by atoms with Crippen molar-refractivity contribution < 1.29 is 9.59 Å². The fourth-order valence-electron chi connectivity index (χ4n) is 2.58. The van der Waals surface area contributed by atoms with Gasteiger partial charge in [-0.3, -0.25) is 9.59 Å². The van der Waals surface area contributed by atoms with Gasteiger partial charge in [-0.1, -0.05) is 11.6 Å². The van der Waals surface area contributed by atoms with Crippen LogP contribution in [0.1, 0.15) is 36.7 Å². The fraction of sp³-hybridized carbons (Fsp3) is 0.500. The largest absolute Gasteiger partial charge is 0.385 e. The van der Waals surface area contributed by atoms with Crippen molar-refractivity contribution in [2.75, 3.05) is 25.0 Å². The third-order valence-corrected chi connectivity index (χ3v) is 3.87. The zero-order valence-corrected chi connectivity index (χ0v) is 13.1. The third-order valence-electron chi connectivity index (χ3n) is 3.87. The maximum Gasteiger partial charge on any atom is 0.256 e. The van der Waals surface area contributed by atoms with E-state index in [-0.39, 0.29) is 11.8 Å². The van der Waals surface area contributed by atoms with E-state index in [0.717, 1.165) is 17.8 Å². The number of nitrogens with zero attached hydrogens (tertiary/aromatic N) is 1. The molecule has 1 aromatic carbocycles. The molecule has 2 rings (SSSR count). The summed E-state index contributed by atoms with van der Waals surface area (Å²) in [4.78, 5) is 26.6. The van der Waals surface area contributed by atoms with Crippen molar-refractivity contribution in [3.8, 4) is 0 Å². The molecule has 1 heterocycles. The van der Waals surface area contributed by atoms with Crippen LogP contribution in [0.15, 0.2) is 18.2 Å². The second-order valence-corrected chi connectivity index (χ2v) is 5.85. The highest BCUT2D eigenvalue weighted by Crippen LogP contribution is 2.25. The first-order chi connectivity index (χ1) is 9.87. The lowest BCUT2D eigenvalue weighted by atomic mass is 9.96. The molecule has 114 valence electrons. The van der Waals surface area contributed by atoms with Crippen LogP contribution in [0, 0.1) is 6.92 Å². The predicted octanol–water partition coefficient (Wildman–Crippen LogP) is 1.78. The summed E-state index contributed by atoms with van der Waals surface area (Å²) >= 11 is 0. The molecule has 2 N–H and O–H groups in total. The molecule has 0 radical (unpaired) electrons. The number of hydrogen-bond donors (Lipinski definition) is 2. The average Bonchev–Trinajstić information content (AvgIpc) is 2.43. The molecular formula is C16H23N3O2. The third kappa shape index (κ3) is 2.86. The van der Waals surface area contributed by atoms with Gasteiger partial charge in [-0.2, -0.15) is 0 Å². The highest BCUT2D eigenvalue weighted by molar-refractivity contribution is 6.03. The topological polar surface area (TPSA) is 61.4 Å². The molecule has 5 heteroatoms. The Bertz CT molecular complexity index is 567. The van der Waals surface area contributed by atoms with Gasteiger partial charge in [0.15, 0.2) is 0 Å². The van der Waals surface area contributed by atoms with Gasteiger partial charge in [0.2, 0.25) is 5.91 Å². The van der Waals surface area contributed by atoms with Crippen molar-refractivity contribution >= 4 is 17.5 Å². The van der Waals surface area contributed by atoms with Crippen LogP contribution in [0.2, 0.25) is 0 Å². The molecule has 0 unspecified atom stereocenters. The molecule has 1 saturated heterocycles. The van der Waals surface area contributed by atoms with Crippen LogP contribution >= 0.6 is 0 Å². The number of amides is 2. The standard InChI is InChI=1S/C16H23N3O2/c1-5-17-13-7-6-11(2)10-12(13)14(20)19-9-8-18-15(21)16(19,3)4/h6-7,10,17H,5,8-9H2,1-4H3,(H,18,21). The summed E-state index contributed by atoms with van der Waals surface area (Å²) in [6, 6.07) is 5.77. The lowest BCUT2D eigenvalue weighted by molar-refractivity contribution is -0.133. The Labute approximate surface area is 125 Å². The van der Waals surface area contributed by atoms with Gasteiger partial charge in [0, 0.05) is 25.3 Å². The summed E-state index contributed by atoms with van der Waals surface area (Å²) in [5, 5.41) is 6.03. The van der Waals surface area contributed by atoms with E-state index in [4.69, 9.17) is 0 Å². The summed E-state index contributed by atoms with van der Waals surface area (Å²) in [6.07, 6.45) is 0. The van der Waals surface area contributed by atoms with Gasteiger partial charge in [0.05, 0.1) is 5.56 Å². The predicted molar refractivity (Wildman–Crippen MR) is 83.5 cm³/mol. The summed E-state index contributed by atoms with van der Waals surface area (Å²) in [5.41, 5.74) is 1.64. The van der Waals surface area contributed by atoms with E-state index in [0.29, 0.717) is 18.7 Å². The molecule has 1 aliphatic rings. The molecule has 5 nitrogen and oxygen atoms in total. The summed E-state index contributed by atoms with van der Waals surface area (Å²) in [5.74, 6) is -0.214. The number of carbonyl (C=O) groups is 2. The summed E-state index contributed by atoms with van der Waals surface area (Å²) < 4.78 is 0. The molecule has 0 aromatic heterocycles. The molecule has 1 aliphatic heterocycles. The Hall–Kier alpha value is -2.04. The Morgan fingerprint density at radius 3 is 2.81 bits per heavy atom. The van der Waals surface area contributed by atoms with Gasteiger partial charge in [-0.25, -0.2) is 0 Å². The summed E-state index contributed by atoms with van der Waals surface area (Å²) in [6.45, 7) is 9.28. The van der Waals surface area contributed by atoms with Crippen molar-refractivity contribution in [2.45, 2.75) is 33.2 Å². The molecule has 21 heavy (non-hydrogen) atoms. The number of carbonyl (C=O) groups excluding carboxylic acids is 2. The van der Waals surface area contributed by atoms with Crippen molar-refractivity contribution in [1.82, 2.24) is 10.2 Å². The first kappa shape index (κ1) is 15.4. The molecule has 0 atom stereocenters. The molecule has 0 bridgehead atoms. The quantitative estimate of drug-likeness (QED) is 0.891. The minimum atomic E-state index is -0.831. The van der Waals surface area contributed by atoms with Gasteiger partial charge in [0.1, 0.15) is 5.54 Å². The van der Waals surface area contributed by atoms with Crippen molar-refractivity contribution in [2.24, 2.45) is 0 Å². The number of benzene rings is 1. The number of aryl methyl sites for hydroxylation is 1. The van der Waals surface area contributed by atoms with E-state index < -0.39 is 5.54 Å². The van der Waals surface area contributed by atoms with E-state index in [9.17, 15) is 9.59 Å². The normalized spacial score (nSPS) is 17.3. The molecular weight excluding hydrogens is 266 g/mol. The lowest BCUT2D eigenvalue weighted by Crippen LogP contribution is -2.63. The Kier molecular flexibility index (Phi) is 4.21. The number of rotatable bonds is 3. The van der Waals surface area contributed by atoms with Gasteiger partial charge in [-0.05, 0) is 39.8 Å². The first-order valence-corrected chi connectivity index (χ1v) is 7.32. The number of hydrogen-bond acceptors (Lipinski definition) is 3. The van der Waals surface area contributed by atoms with Crippen LogP contribution in [-0.4, -0.2) is 41.9 Å². The SMILES string of the molecule is CCNc1ccc(C)cc1C(=O)N1CCNC(=O)C1(C)C. The lowest BCUT2D eigenvalue weighted by Gasteiger charge is -2.41. The Morgan fingerprint density at radius 1 is 1.43 bits per heavy atom. The van der Waals surface area contributed by atoms with Crippen LogP contribution in [0.5, 0.6) is 0 Å². The van der Waals surface area contributed by atoms with E-state index in [1.54, 1.807) is 18.7 Å². The fourth-order valence-corrected chi connectivity index (χ4v) is 2.58. The van der Waals surface area contributed by atoms with Gasteiger partial charge >= 0.3 is 0 Å². The smallest absolute Gasteiger partial charge is 0.256 e. The Morgan fingerprint density at radius 2 is 2.14 bits per heavy atom. The van der Waals surface area contributed by atoms with E-state index in [1.165, 1.54) is 0 Å². The number of nitrogens with one attached hydrogen (secondary N) is 2. The van der Waals surface area contributed by atoms with Crippen LogP contribution in [0.4, 0.5) is 5.69 Å². The first-order valence-electron chi connectivity index (χ1n) is 7.32. The minimum Gasteiger partial charge on any atom is -0.385 e. The summed E-state index contributed by atoms with van der Waals surface area (Å²) in [7, 11) is 0. The maximum atomic E-state index is 12.9. The van der Waals surface area contributed by atoms with Gasteiger partial charge in [-0.15, -0.1) is 0 Å². The van der Waals surface area contributed by atoms with Gasteiger partial charge in [0.25, 0.3) is 5.91 Å². The monoisotopic (exact) mass is 289 g/mol. The Balaban J connectivity index is 2.39. The second kappa shape index (κ2) is 5.76. The maximum absolute atomic E-state index is 12.9. The highest BCUT2D eigenvalue weighted by Gasteiger charge is 2.41. The van der Waals surface area contributed by atoms with E-state index in [1.807, 2.05) is 32.0 Å². The van der Waals surface area contributed by atoms with Crippen LogP contribution in [-0.2, 0) is 4.79 Å². The van der Waals surface area contributed by atoms with E-state index >= 15 is 0 Å². The van der Waals surface area contributed by atoms with Gasteiger partial charge < -0.3 is 15.5 Å².